The monoisotopic (exact) mass is 738 g/mol. The summed E-state index contributed by atoms with van der Waals surface area (Å²) in [5.41, 5.74) is 14.0. The first-order valence-electron chi connectivity index (χ1n) is 19.9. The molecule has 0 fully saturated rings. The van der Waals surface area contributed by atoms with Crippen LogP contribution < -0.4 is 4.90 Å². The smallest absolute Gasteiger partial charge is 0.0562 e. The Morgan fingerprint density at radius 3 is 1.62 bits per heavy atom. The molecule has 0 saturated carbocycles. The average Bonchev–Trinajstić information content (AvgIpc) is 3.63. The third-order valence-corrected chi connectivity index (χ3v) is 11.6. The molecular formula is C56H38N2. The summed E-state index contributed by atoms with van der Waals surface area (Å²) in [6.45, 7) is 0. The van der Waals surface area contributed by atoms with Gasteiger partial charge in [0.05, 0.1) is 22.4 Å². The molecule has 58 heavy (non-hydrogen) atoms. The molecule has 0 atom stereocenters. The van der Waals surface area contributed by atoms with Crippen LogP contribution in [0, 0.1) is 0 Å². The fourth-order valence-electron chi connectivity index (χ4n) is 8.94. The van der Waals surface area contributed by atoms with Crippen LogP contribution in [-0.4, -0.2) is 4.57 Å². The van der Waals surface area contributed by atoms with E-state index in [0.717, 1.165) is 28.3 Å². The molecule has 1 heterocycles. The Balaban J connectivity index is 1.19. The van der Waals surface area contributed by atoms with E-state index in [1.54, 1.807) is 0 Å². The van der Waals surface area contributed by atoms with Crippen LogP contribution >= 0.6 is 0 Å². The zero-order valence-corrected chi connectivity index (χ0v) is 31.8. The molecule has 11 rings (SSSR count). The van der Waals surface area contributed by atoms with E-state index < -0.39 is 0 Å². The summed E-state index contributed by atoms with van der Waals surface area (Å²) in [7, 11) is 0. The third-order valence-electron chi connectivity index (χ3n) is 11.6. The lowest BCUT2D eigenvalue weighted by Gasteiger charge is -2.28. The fraction of sp³-hybridized carbons (Fsp3) is 0. The average molecular weight is 739 g/mol. The van der Waals surface area contributed by atoms with Crippen LogP contribution in [0.3, 0.4) is 0 Å². The van der Waals surface area contributed by atoms with Crippen LogP contribution in [0.1, 0.15) is 0 Å². The second-order valence-corrected chi connectivity index (χ2v) is 14.9. The summed E-state index contributed by atoms with van der Waals surface area (Å²) < 4.78 is 2.46. The van der Waals surface area contributed by atoms with E-state index >= 15 is 0 Å². The van der Waals surface area contributed by atoms with Gasteiger partial charge in [0, 0.05) is 33.1 Å². The van der Waals surface area contributed by atoms with Gasteiger partial charge in [-0.05, 0) is 86.4 Å². The minimum absolute atomic E-state index is 1.09. The number of nitrogens with zero attached hydrogens (tertiary/aromatic N) is 2. The van der Waals surface area contributed by atoms with Crippen molar-refractivity contribution in [1.29, 1.82) is 0 Å². The molecule has 0 aliphatic rings. The first-order chi connectivity index (χ1) is 28.8. The van der Waals surface area contributed by atoms with Gasteiger partial charge in [0.2, 0.25) is 0 Å². The highest BCUT2D eigenvalue weighted by molar-refractivity contribution is 6.11. The minimum atomic E-state index is 1.09. The van der Waals surface area contributed by atoms with E-state index in [0.29, 0.717) is 0 Å². The summed E-state index contributed by atoms with van der Waals surface area (Å²) in [4.78, 5) is 2.45. The quantitative estimate of drug-likeness (QED) is 0.158. The molecular weight excluding hydrogens is 701 g/mol. The number of para-hydroxylation sites is 2. The molecule has 0 saturated heterocycles. The zero-order chi connectivity index (χ0) is 38.4. The van der Waals surface area contributed by atoms with E-state index in [1.165, 1.54) is 71.2 Å². The van der Waals surface area contributed by atoms with Gasteiger partial charge in [0.15, 0.2) is 0 Å². The maximum atomic E-state index is 2.46. The molecule has 2 heteroatoms. The van der Waals surface area contributed by atoms with E-state index in [2.05, 4.69) is 240 Å². The lowest BCUT2D eigenvalue weighted by atomic mass is 9.90. The van der Waals surface area contributed by atoms with E-state index in [4.69, 9.17) is 0 Å². The van der Waals surface area contributed by atoms with Crippen LogP contribution in [0.4, 0.5) is 17.1 Å². The van der Waals surface area contributed by atoms with Gasteiger partial charge in [-0.15, -0.1) is 0 Å². The van der Waals surface area contributed by atoms with Gasteiger partial charge in [0.1, 0.15) is 0 Å². The van der Waals surface area contributed by atoms with E-state index in [-0.39, 0.29) is 0 Å². The minimum Gasteiger partial charge on any atom is -0.310 e. The summed E-state index contributed by atoms with van der Waals surface area (Å²) in [6.07, 6.45) is 0. The molecule has 10 aromatic carbocycles. The lowest BCUT2D eigenvalue weighted by molar-refractivity contribution is 1.18. The molecule has 0 aliphatic heterocycles. The standard InChI is InChI=1S/C56H38N2/c1-3-17-40(18-4-1)47-27-11-13-30-54(47)58-55-31-14-12-28-50(55)51-36-34-44(38-56(51)58)57(53-32-16-24-41-22-8-10-26-46(41)53)43-33-35-49(52(37-43)42-19-5-2-6-20-42)48-29-15-23-39-21-7-9-25-45(39)48/h1-38H. The van der Waals surface area contributed by atoms with Crippen LogP contribution in [0.2, 0.25) is 0 Å². The Labute approximate surface area is 338 Å². The van der Waals surface area contributed by atoms with Crippen molar-refractivity contribution in [3.8, 4) is 39.1 Å². The van der Waals surface area contributed by atoms with Gasteiger partial charge in [-0.25, -0.2) is 0 Å². The number of anilines is 3. The Hall–Kier alpha value is -7.68. The molecule has 0 aliphatic carbocycles. The number of fused-ring (bicyclic) bond motifs is 5. The van der Waals surface area contributed by atoms with Crippen LogP contribution in [-0.2, 0) is 0 Å². The highest BCUT2D eigenvalue weighted by Crippen LogP contribution is 2.46. The number of benzene rings is 10. The Morgan fingerprint density at radius 1 is 0.293 bits per heavy atom. The third kappa shape index (κ3) is 5.66. The van der Waals surface area contributed by atoms with Crippen molar-refractivity contribution in [1.82, 2.24) is 4.57 Å². The number of rotatable bonds is 7. The first kappa shape index (κ1) is 33.6. The Bertz CT molecular complexity index is 3280. The van der Waals surface area contributed by atoms with Gasteiger partial charge in [-0.3, -0.25) is 0 Å². The van der Waals surface area contributed by atoms with Crippen molar-refractivity contribution < 1.29 is 0 Å². The van der Waals surface area contributed by atoms with Crippen molar-refractivity contribution in [2.45, 2.75) is 0 Å². The van der Waals surface area contributed by atoms with E-state index in [1.807, 2.05) is 0 Å². The van der Waals surface area contributed by atoms with Crippen LogP contribution in [0.25, 0.3) is 82.4 Å². The molecule has 0 unspecified atom stereocenters. The second kappa shape index (κ2) is 14.1. The Morgan fingerprint density at radius 2 is 0.828 bits per heavy atom. The molecule has 0 amide bonds. The van der Waals surface area contributed by atoms with Crippen LogP contribution in [0.5, 0.6) is 0 Å². The number of hydrogen-bond acceptors (Lipinski definition) is 1. The second-order valence-electron chi connectivity index (χ2n) is 14.9. The van der Waals surface area contributed by atoms with Crippen LogP contribution in [0.15, 0.2) is 231 Å². The molecule has 0 N–H and O–H groups in total. The largest absolute Gasteiger partial charge is 0.310 e. The van der Waals surface area contributed by atoms with Crippen molar-refractivity contribution in [2.75, 3.05) is 4.90 Å². The summed E-state index contributed by atoms with van der Waals surface area (Å²) in [5, 5.41) is 7.32. The molecule has 0 radical (unpaired) electrons. The lowest BCUT2D eigenvalue weighted by Crippen LogP contribution is -2.11. The molecule has 272 valence electrons. The predicted molar refractivity (Wildman–Crippen MR) is 247 cm³/mol. The van der Waals surface area contributed by atoms with Gasteiger partial charge in [0.25, 0.3) is 0 Å². The van der Waals surface area contributed by atoms with Crippen molar-refractivity contribution >= 4 is 60.4 Å². The number of hydrogen-bond donors (Lipinski definition) is 0. The Kier molecular flexibility index (Phi) is 8.19. The molecule has 11 aromatic rings. The molecule has 1 aromatic heterocycles. The van der Waals surface area contributed by atoms with Crippen molar-refractivity contribution in [2.24, 2.45) is 0 Å². The van der Waals surface area contributed by atoms with Gasteiger partial charge in [-0.1, -0.05) is 188 Å². The molecule has 0 bridgehead atoms. The normalized spacial score (nSPS) is 11.4. The number of aromatic nitrogens is 1. The molecule has 2 nitrogen and oxygen atoms in total. The van der Waals surface area contributed by atoms with Gasteiger partial charge >= 0.3 is 0 Å². The summed E-state index contributed by atoms with van der Waals surface area (Å²) >= 11 is 0. The highest BCUT2D eigenvalue weighted by atomic mass is 15.1. The van der Waals surface area contributed by atoms with Crippen molar-refractivity contribution in [3.05, 3.63) is 231 Å². The SMILES string of the molecule is c1ccc(-c2cc(N(c3ccc4c5ccccc5n(-c5ccccc5-c5ccccc5)c4c3)c3cccc4ccccc34)ccc2-c2cccc3ccccc23)cc1. The van der Waals surface area contributed by atoms with Crippen molar-refractivity contribution in [3.63, 3.8) is 0 Å². The maximum Gasteiger partial charge on any atom is 0.0562 e. The summed E-state index contributed by atoms with van der Waals surface area (Å²) in [6, 6.07) is 83.8. The summed E-state index contributed by atoms with van der Waals surface area (Å²) in [5.74, 6) is 0. The fourth-order valence-corrected chi connectivity index (χ4v) is 8.94. The topological polar surface area (TPSA) is 8.17 Å². The zero-order valence-electron chi connectivity index (χ0n) is 31.8. The predicted octanol–water partition coefficient (Wildman–Crippen LogP) is 15.6. The van der Waals surface area contributed by atoms with Gasteiger partial charge < -0.3 is 9.47 Å². The first-order valence-corrected chi connectivity index (χ1v) is 19.9. The highest BCUT2D eigenvalue weighted by Gasteiger charge is 2.22. The molecule has 0 spiro atoms. The maximum absolute atomic E-state index is 2.46. The van der Waals surface area contributed by atoms with Gasteiger partial charge in [-0.2, -0.15) is 0 Å². The van der Waals surface area contributed by atoms with E-state index in [9.17, 15) is 0 Å².